The van der Waals surface area contributed by atoms with Crippen LogP contribution in [-0.2, 0) is 21.2 Å². The summed E-state index contributed by atoms with van der Waals surface area (Å²) in [6, 6.07) is 11.6. The van der Waals surface area contributed by atoms with Gasteiger partial charge in [-0.25, -0.2) is 22.9 Å². The van der Waals surface area contributed by atoms with Gasteiger partial charge < -0.3 is 9.47 Å². The van der Waals surface area contributed by atoms with Gasteiger partial charge in [0, 0.05) is 12.3 Å². The molecule has 9 heteroatoms. The van der Waals surface area contributed by atoms with E-state index in [0.717, 1.165) is 11.8 Å². The first-order valence-corrected chi connectivity index (χ1v) is 9.44. The first-order chi connectivity index (χ1) is 12.4. The van der Waals surface area contributed by atoms with Crippen molar-refractivity contribution < 1.29 is 27.5 Å². The fourth-order valence-electron chi connectivity index (χ4n) is 1.96. The zero-order chi connectivity index (χ0) is 19.0. The highest BCUT2D eigenvalue weighted by Crippen LogP contribution is 2.09. The number of nitrogens with one attached hydrogen (secondary N) is 1. The zero-order valence-corrected chi connectivity index (χ0v) is 14.9. The minimum absolute atomic E-state index is 0.0181. The lowest BCUT2D eigenvalue weighted by atomic mass is 10.2. The standard InChI is InChI=1S/C17H18N2O6S/c1-2-24-17(21)25-15-9-8-14(12-18-15)16(20)19-26(22,23)11-10-13-6-4-3-5-7-13/h3-9,12H,2,10-11H2,1H3,(H,19,20). The van der Waals surface area contributed by atoms with Crippen LogP contribution in [0.15, 0.2) is 48.7 Å². The van der Waals surface area contributed by atoms with E-state index in [-0.39, 0.29) is 30.2 Å². The minimum atomic E-state index is -3.80. The molecule has 2 rings (SSSR count). The maximum atomic E-state index is 12.0. The van der Waals surface area contributed by atoms with Gasteiger partial charge in [-0.05, 0) is 25.0 Å². The van der Waals surface area contributed by atoms with Crippen molar-refractivity contribution in [3.05, 3.63) is 59.8 Å². The number of rotatable bonds is 7. The molecule has 0 spiro atoms. The van der Waals surface area contributed by atoms with Crippen LogP contribution in [0.5, 0.6) is 5.88 Å². The first-order valence-electron chi connectivity index (χ1n) is 7.79. The number of ether oxygens (including phenoxy) is 2. The predicted octanol–water partition coefficient (Wildman–Crippen LogP) is 1.92. The lowest BCUT2D eigenvalue weighted by molar-refractivity contribution is 0.0981. The molecule has 0 aliphatic carbocycles. The second-order valence-corrected chi connectivity index (χ2v) is 7.00. The topological polar surface area (TPSA) is 112 Å². The van der Waals surface area contributed by atoms with Crippen LogP contribution < -0.4 is 9.46 Å². The molecular formula is C17H18N2O6S. The Morgan fingerprint density at radius 3 is 2.46 bits per heavy atom. The van der Waals surface area contributed by atoms with E-state index in [1.165, 1.54) is 12.1 Å². The van der Waals surface area contributed by atoms with Gasteiger partial charge in [0.2, 0.25) is 15.9 Å². The number of aryl methyl sites for hydroxylation is 1. The van der Waals surface area contributed by atoms with Crippen LogP contribution in [0, 0.1) is 0 Å². The molecule has 2 aromatic rings. The summed E-state index contributed by atoms with van der Waals surface area (Å²) < 4.78 is 35.4. The largest absolute Gasteiger partial charge is 0.515 e. The number of sulfonamides is 1. The highest BCUT2D eigenvalue weighted by atomic mass is 32.2. The summed E-state index contributed by atoms with van der Waals surface area (Å²) in [7, 11) is -3.80. The molecule has 1 aromatic carbocycles. The van der Waals surface area contributed by atoms with E-state index in [2.05, 4.69) is 9.72 Å². The van der Waals surface area contributed by atoms with Gasteiger partial charge in [-0.1, -0.05) is 30.3 Å². The van der Waals surface area contributed by atoms with E-state index in [4.69, 9.17) is 4.74 Å². The zero-order valence-electron chi connectivity index (χ0n) is 14.0. The first kappa shape index (κ1) is 19.4. The van der Waals surface area contributed by atoms with Gasteiger partial charge in [0.1, 0.15) is 0 Å². The van der Waals surface area contributed by atoms with Crippen molar-refractivity contribution in [1.29, 1.82) is 0 Å². The van der Waals surface area contributed by atoms with Gasteiger partial charge in [-0.2, -0.15) is 0 Å². The number of carbonyl (C=O) groups is 2. The highest BCUT2D eigenvalue weighted by molar-refractivity contribution is 7.90. The van der Waals surface area contributed by atoms with Gasteiger partial charge in [-0.3, -0.25) is 4.79 Å². The van der Waals surface area contributed by atoms with E-state index in [1.54, 1.807) is 6.92 Å². The van der Waals surface area contributed by atoms with Gasteiger partial charge >= 0.3 is 6.16 Å². The third kappa shape index (κ3) is 6.17. The maximum absolute atomic E-state index is 12.0. The van der Waals surface area contributed by atoms with Crippen LogP contribution in [0.25, 0.3) is 0 Å². The lowest BCUT2D eigenvalue weighted by Crippen LogP contribution is -2.33. The number of hydrogen-bond donors (Lipinski definition) is 1. The Kier molecular flexibility index (Phi) is 6.67. The monoisotopic (exact) mass is 378 g/mol. The van der Waals surface area contributed by atoms with Crippen molar-refractivity contribution in [1.82, 2.24) is 9.71 Å². The smallest absolute Gasteiger partial charge is 0.434 e. The van der Waals surface area contributed by atoms with E-state index < -0.39 is 22.1 Å². The molecule has 0 atom stereocenters. The number of amides is 1. The molecule has 1 heterocycles. The molecule has 0 unspecified atom stereocenters. The van der Waals surface area contributed by atoms with Crippen LogP contribution >= 0.6 is 0 Å². The van der Waals surface area contributed by atoms with Gasteiger partial charge in [0.05, 0.1) is 17.9 Å². The summed E-state index contributed by atoms with van der Waals surface area (Å²) in [5.41, 5.74) is 0.872. The Bertz CT molecular complexity index is 851. The molecule has 0 saturated heterocycles. The predicted molar refractivity (Wildman–Crippen MR) is 93.3 cm³/mol. The van der Waals surface area contributed by atoms with Crippen LogP contribution in [-0.4, -0.2) is 37.8 Å². The van der Waals surface area contributed by atoms with Crippen LogP contribution in [0.2, 0.25) is 0 Å². The average molecular weight is 378 g/mol. The second-order valence-electron chi connectivity index (χ2n) is 5.16. The van der Waals surface area contributed by atoms with Gasteiger partial charge in [0.25, 0.3) is 5.91 Å². The Morgan fingerprint density at radius 1 is 1.12 bits per heavy atom. The fourth-order valence-corrected chi connectivity index (χ4v) is 2.96. The summed E-state index contributed by atoms with van der Waals surface area (Å²) in [5.74, 6) is -1.10. The minimum Gasteiger partial charge on any atom is -0.434 e. The van der Waals surface area contributed by atoms with Crippen molar-refractivity contribution in [3.8, 4) is 5.88 Å². The molecule has 1 N–H and O–H groups in total. The maximum Gasteiger partial charge on any atom is 0.515 e. The van der Waals surface area contributed by atoms with E-state index >= 15 is 0 Å². The fraction of sp³-hybridized carbons (Fsp3) is 0.235. The molecule has 138 valence electrons. The summed E-state index contributed by atoms with van der Waals surface area (Å²) in [6.07, 6.45) is 0.477. The Hall–Kier alpha value is -2.94. The van der Waals surface area contributed by atoms with Crippen LogP contribution in [0.3, 0.4) is 0 Å². The Balaban J connectivity index is 1.92. The quantitative estimate of drug-likeness (QED) is 0.733. The number of carbonyl (C=O) groups excluding carboxylic acids is 2. The van der Waals surface area contributed by atoms with Crippen molar-refractivity contribution in [2.45, 2.75) is 13.3 Å². The van der Waals surface area contributed by atoms with Crippen molar-refractivity contribution in [2.75, 3.05) is 12.4 Å². The van der Waals surface area contributed by atoms with E-state index in [1.807, 2.05) is 35.1 Å². The molecule has 8 nitrogen and oxygen atoms in total. The molecular weight excluding hydrogens is 360 g/mol. The third-order valence-corrected chi connectivity index (χ3v) is 4.44. The third-order valence-electron chi connectivity index (χ3n) is 3.20. The molecule has 0 saturated carbocycles. The Morgan fingerprint density at radius 2 is 1.85 bits per heavy atom. The number of pyridine rings is 1. The normalized spacial score (nSPS) is 10.8. The molecule has 0 aliphatic heterocycles. The summed E-state index contributed by atoms with van der Waals surface area (Å²) in [4.78, 5) is 27.0. The highest BCUT2D eigenvalue weighted by Gasteiger charge is 2.17. The molecule has 0 fully saturated rings. The van der Waals surface area contributed by atoms with E-state index in [0.29, 0.717) is 0 Å². The second kappa shape index (κ2) is 8.95. The molecule has 1 aromatic heterocycles. The van der Waals surface area contributed by atoms with Crippen molar-refractivity contribution in [2.24, 2.45) is 0 Å². The van der Waals surface area contributed by atoms with Gasteiger partial charge in [-0.15, -0.1) is 0 Å². The van der Waals surface area contributed by atoms with Crippen molar-refractivity contribution in [3.63, 3.8) is 0 Å². The number of benzene rings is 1. The molecule has 0 radical (unpaired) electrons. The average Bonchev–Trinajstić information content (AvgIpc) is 2.61. The summed E-state index contributed by atoms with van der Waals surface area (Å²) in [5, 5.41) is 0. The molecule has 26 heavy (non-hydrogen) atoms. The SMILES string of the molecule is CCOC(=O)Oc1ccc(C(=O)NS(=O)(=O)CCc2ccccc2)cn1. The summed E-state index contributed by atoms with van der Waals surface area (Å²) in [6.45, 7) is 1.78. The summed E-state index contributed by atoms with van der Waals surface area (Å²) >= 11 is 0. The van der Waals surface area contributed by atoms with Crippen molar-refractivity contribution >= 4 is 22.1 Å². The Labute approximate surface area is 151 Å². The molecule has 1 amide bonds. The van der Waals surface area contributed by atoms with Gasteiger partial charge in [0.15, 0.2) is 0 Å². The lowest BCUT2D eigenvalue weighted by Gasteiger charge is -2.07. The number of aromatic nitrogens is 1. The number of nitrogens with zero attached hydrogens (tertiary/aromatic N) is 1. The molecule has 0 aliphatic rings. The molecule has 0 bridgehead atoms. The van der Waals surface area contributed by atoms with E-state index in [9.17, 15) is 18.0 Å². The van der Waals surface area contributed by atoms with Crippen LogP contribution in [0.1, 0.15) is 22.8 Å². The van der Waals surface area contributed by atoms with Crippen LogP contribution in [0.4, 0.5) is 4.79 Å². The number of hydrogen-bond acceptors (Lipinski definition) is 7.